The maximum absolute atomic E-state index is 11.5. The van der Waals surface area contributed by atoms with E-state index in [0.29, 0.717) is 35.1 Å². The molecule has 0 saturated heterocycles. The monoisotopic (exact) mass is 530 g/mol. The van der Waals surface area contributed by atoms with Crippen LogP contribution in [0.1, 0.15) is 5.76 Å². The van der Waals surface area contributed by atoms with E-state index in [1.807, 2.05) is 72.8 Å². The Bertz CT molecular complexity index is 1620. The normalized spacial score (nSPS) is 11.5. The van der Waals surface area contributed by atoms with Crippen LogP contribution in [0.2, 0.25) is 0 Å². The molecular weight excluding hydrogens is 504 g/mol. The molecule has 0 bridgehead atoms. The number of furan rings is 1. The number of rotatable bonds is 11. The van der Waals surface area contributed by atoms with E-state index in [4.69, 9.17) is 14.9 Å². The smallest absolute Gasteiger partial charge is 0.164 e. The number of nitrogens with two attached hydrogens (primary N) is 1. The number of hydrogen-bond donors (Lipinski definition) is 3. The molecule has 38 heavy (non-hydrogen) atoms. The molecule has 0 saturated carbocycles. The average molecular weight is 531 g/mol. The Hall–Kier alpha value is -4.32. The first-order valence-electron chi connectivity index (χ1n) is 11.9. The minimum atomic E-state index is -3.22. The Morgan fingerprint density at radius 3 is 2.50 bits per heavy atom. The van der Waals surface area contributed by atoms with Gasteiger partial charge in [-0.2, -0.15) is 0 Å². The third-order valence-corrected chi connectivity index (χ3v) is 7.01. The van der Waals surface area contributed by atoms with Crippen LogP contribution in [-0.2, 0) is 16.4 Å². The summed E-state index contributed by atoms with van der Waals surface area (Å²) in [6.45, 7) is 0.670. The number of aromatic nitrogens is 3. The molecule has 5 rings (SSSR count). The highest BCUT2D eigenvalue weighted by atomic mass is 32.2. The number of nitrogens with zero attached hydrogens (tertiary/aromatic N) is 3. The molecule has 0 aliphatic carbocycles. The minimum Gasteiger partial charge on any atom is -0.458 e. The summed E-state index contributed by atoms with van der Waals surface area (Å²) in [5.41, 5.74) is 7.38. The fraction of sp³-hybridized carbons (Fsp3) is 0.148. The van der Waals surface area contributed by atoms with Gasteiger partial charge in [-0.15, -0.1) is 0 Å². The summed E-state index contributed by atoms with van der Waals surface area (Å²) in [4.78, 5) is 13.2. The number of sulfone groups is 1. The van der Waals surface area contributed by atoms with Crippen molar-refractivity contribution in [2.75, 3.05) is 23.5 Å². The van der Waals surface area contributed by atoms with Gasteiger partial charge in [0, 0.05) is 17.6 Å². The molecule has 4 N–H and O–H groups in total. The van der Waals surface area contributed by atoms with Gasteiger partial charge in [-0.25, -0.2) is 18.4 Å². The summed E-state index contributed by atoms with van der Waals surface area (Å²) < 4.78 is 34.8. The number of hydrogen-bond acceptors (Lipinski definition) is 10. The van der Waals surface area contributed by atoms with Gasteiger partial charge >= 0.3 is 0 Å². The van der Waals surface area contributed by atoms with Gasteiger partial charge in [-0.05, 0) is 54.6 Å². The fourth-order valence-corrected chi connectivity index (χ4v) is 4.32. The van der Waals surface area contributed by atoms with Gasteiger partial charge in [-0.1, -0.05) is 18.2 Å². The molecule has 0 amide bonds. The molecule has 11 heteroatoms. The van der Waals surface area contributed by atoms with Gasteiger partial charge in [-0.3, -0.25) is 4.98 Å². The average Bonchev–Trinajstić information content (AvgIpc) is 3.42. The zero-order chi connectivity index (χ0) is 26.4. The van der Waals surface area contributed by atoms with Crippen molar-refractivity contribution in [1.29, 1.82) is 0 Å². The summed E-state index contributed by atoms with van der Waals surface area (Å²) in [5, 5.41) is 7.18. The first kappa shape index (κ1) is 25.3. The molecule has 194 valence electrons. The SMILES string of the molecule is NCS(=O)(=O)CCNCc1ccc(-c2cc3c(Nc4ccc(Oc5ccccc5)cc4)ncnc3cn2)o1. The molecule has 0 radical (unpaired) electrons. The Kier molecular flexibility index (Phi) is 7.59. The third kappa shape index (κ3) is 6.32. The van der Waals surface area contributed by atoms with Crippen molar-refractivity contribution < 1.29 is 17.6 Å². The van der Waals surface area contributed by atoms with Crippen LogP contribution in [-0.4, -0.2) is 41.5 Å². The van der Waals surface area contributed by atoms with E-state index in [0.717, 1.165) is 22.6 Å². The van der Waals surface area contributed by atoms with Crippen LogP contribution >= 0.6 is 0 Å². The van der Waals surface area contributed by atoms with E-state index in [2.05, 4.69) is 25.6 Å². The highest BCUT2D eigenvalue weighted by molar-refractivity contribution is 7.91. The molecule has 0 unspecified atom stereocenters. The van der Waals surface area contributed by atoms with E-state index in [9.17, 15) is 8.42 Å². The predicted molar refractivity (Wildman–Crippen MR) is 146 cm³/mol. The first-order chi connectivity index (χ1) is 18.5. The van der Waals surface area contributed by atoms with Gasteiger partial charge in [0.05, 0.1) is 29.9 Å². The van der Waals surface area contributed by atoms with Gasteiger partial charge < -0.3 is 25.5 Å². The maximum atomic E-state index is 11.5. The topological polar surface area (TPSA) is 145 Å². The number of benzene rings is 2. The molecule has 5 aromatic rings. The molecular formula is C27H26N6O4S. The summed E-state index contributed by atoms with van der Waals surface area (Å²) in [5.74, 6) is 2.98. The van der Waals surface area contributed by atoms with E-state index < -0.39 is 9.84 Å². The second-order valence-corrected chi connectivity index (χ2v) is 10.7. The van der Waals surface area contributed by atoms with Crippen molar-refractivity contribution in [2.24, 2.45) is 5.73 Å². The molecule has 0 fully saturated rings. The summed E-state index contributed by atoms with van der Waals surface area (Å²) in [6, 6.07) is 22.7. The predicted octanol–water partition coefficient (Wildman–Crippen LogP) is 4.24. The van der Waals surface area contributed by atoms with Crippen molar-refractivity contribution in [3.8, 4) is 23.0 Å². The summed E-state index contributed by atoms with van der Waals surface area (Å²) >= 11 is 0. The first-order valence-corrected chi connectivity index (χ1v) is 13.7. The van der Waals surface area contributed by atoms with Crippen molar-refractivity contribution in [3.63, 3.8) is 0 Å². The van der Waals surface area contributed by atoms with E-state index in [1.165, 1.54) is 6.33 Å². The summed E-state index contributed by atoms with van der Waals surface area (Å²) in [7, 11) is -3.22. The van der Waals surface area contributed by atoms with Crippen molar-refractivity contribution in [2.45, 2.75) is 6.54 Å². The van der Waals surface area contributed by atoms with Gasteiger partial charge in [0.15, 0.2) is 15.6 Å². The lowest BCUT2D eigenvalue weighted by Gasteiger charge is -2.10. The van der Waals surface area contributed by atoms with Crippen molar-refractivity contribution in [3.05, 3.63) is 91.1 Å². The Labute approximate surface area is 219 Å². The third-order valence-electron chi connectivity index (χ3n) is 5.67. The van der Waals surface area contributed by atoms with Gasteiger partial charge in [0.1, 0.15) is 35.1 Å². The van der Waals surface area contributed by atoms with Crippen LogP contribution in [0.5, 0.6) is 11.5 Å². The van der Waals surface area contributed by atoms with Crippen LogP contribution in [0.15, 0.2) is 89.7 Å². The Balaban J connectivity index is 1.28. The zero-order valence-electron chi connectivity index (χ0n) is 20.4. The highest BCUT2D eigenvalue weighted by Gasteiger charge is 2.12. The van der Waals surface area contributed by atoms with Crippen LogP contribution < -0.4 is 21.1 Å². The maximum Gasteiger partial charge on any atom is 0.164 e. The number of fused-ring (bicyclic) bond motifs is 1. The lowest BCUT2D eigenvalue weighted by molar-refractivity contribution is 0.483. The molecule has 0 spiro atoms. The van der Waals surface area contributed by atoms with Crippen LogP contribution in [0.3, 0.4) is 0 Å². The van der Waals surface area contributed by atoms with Gasteiger partial charge in [0.25, 0.3) is 0 Å². The van der Waals surface area contributed by atoms with E-state index in [1.54, 1.807) is 6.20 Å². The molecule has 0 aliphatic heterocycles. The van der Waals surface area contributed by atoms with Crippen LogP contribution in [0, 0.1) is 0 Å². The van der Waals surface area contributed by atoms with Crippen molar-refractivity contribution in [1.82, 2.24) is 20.3 Å². The van der Waals surface area contributed by atoms with Crippen LogP contribution in [0.25, 0.3) is 22.4 Å². The Morgan fingerprint density at radius 1 is 0.921 bits per heavy atom. The lowest BCUT2D eigenvalue weighted by atomic mass is 10.2. The largest absolute Gasteiger partial charge is 0.458 e. The van der Waals surface area contributed by atoms with Gasteiger partial charge in [0.2, 0.25) is 0 Å². The molecule has 3 heterocycles. The number of pyridine rings is 1. The number of nitrogens with one attached hydrogen (secondary N) is 2. The number of ether oxygens (including phenoxy) is 1. The van der Waals surface area contributed by atoms with E-state index >= 15 is 0 Å². The van der Waals surface area contributed by atoms with Crippen molar-refractivity contribution >= 4 is 32.2 Å². The highest BCUT2D eigenvalue weighted by Crippen LogP contribution is 2.29. The second kappa shape index (κ2) is 11.4. The molecule has 0 aliphatic rings. The minimum absolute atomic E-state index is 0.0259. The fourth-order valence-electron chi connectivity index (χ4n) is 3.69. The standard InChI is InChI=1S/C27H26N6O4S/c28-17-38(34,35)13-12-29-15-22-10-11-26(37-22)24-14-23-25(16-30-24)31-18-32-27(23)33-19-6-8-21(9-7-19)36-20-4-2-1-3-5-20/h1-11,14,16,18,29H,12-13,15,17,28H2,(H,31,32,33). The van der Waals surface area contributed by atoms with E-state index in [-0.39, 0.29) is 18.2 Å². The molecule has 3 aromatic heterocycles. The Morgan fingerprint density at radius 2 is 1.71 bits per heavy atom. The number of para-hydroxylation sites is 1. The molecule has 2 aromatic carbocycles. The number of anilines is 2. The molecule has 0 atom stereocenters. The lowest BCUT2D eigenvalue weighted by Crippen LogP contribution is -2.26. The second-order valence-electron chi connectivity index (χ2n) is 8.43. The molecule has 10 nitrogen and oxygen atoms in total. The summed E-state index contributed by atoms with van der Waals surface area (Å²) in [6.07, 6.45) is 3.16. The zero-order valence-corrected chi connectivity index (χ0v) is 21.2. The van der Waals surface area contributed by atoms with Crippen LogP contribution in [0.4, 0.5) is 11.5 Å². The quantitative estimate of drug-likeness (QED) is 0.212.